The van der Waals surface area contributed by atoms with Crippen LogP contribution >= 0.6 is 15.9 Å². The fraction of sp³-hybridized carbons (Fsp3) is 0.400. The molecule has 0 bridgehead atoms. The first kappa shape index (κ1) is 15.1. The average molecular weight is 339 g/mol. The number of halogens is 1. The van der Waals surface area contributed by atoms with Crippen LogP contribution in [0.1, 0.15) is 19.8 Å². The van der Waals surface area contributed by atoms with Crippen molar-refractivity contribution in [2.75, 3.05) is 19.5 Å². The van der Waals surface area contributed by atoms with Crippen LogP contribution in [0.2, 0.25) is 0 Å². The summed E-state index contributed by atoms with van der Waals surface area (Å²) >= 11 is 3.38. The van der Waals surface area contributed by atoms with Crippen molar-refractivity contribution in [3.05, 3.63) is 28.7 Å². The number of nitrogens with two attached hydrogens (primary N) is 1. The van der Waals surface area contributed by atoms with Gasteiger partial charge in [-0.25, -0.2) is 4.98 Å². The summed E-state index contributed by atoms with van der Waals surface area (Å²) in [7, 11) is 1.71. The monoisotopic (exact) mass is 338 g/mol. The highest BCUT2D eigenvalue weighted by atomic mass is 79.9. The minimum atomic E-state index is 0.124. The van der Waals surface area contributed by atoms with Crippen molar-refractivity contribution in [1.82, 2.24) is 4.98 Å². The number of benzene rings is 1. The summed E-state index contributed by atoms with van der Waals surface area (Å²) in [5.41, 5.74) is 6.63. The van der Waals surface area contributed by atoms with Crippen LogP contribution in [0.3, 0.4) is 0 Å². The molecule has 0 saturated heterocycles. The van der Waals surface area contributed by atoms with Crippen LogP contribution < -0.4 is 10.5 Å². The molecule has 2 aromatic rings. The molecule has 2 N–H and O–H groups in total. The molecule has 1 aromatic heterocycles. The van der Waals surface area contributed by atoms with Gasteiger partial charge in [-0.3, -0.25) is 0 Å². The lowest BCUT2D eigenvalue weighted by atomic mass is 10.2. The van der Waals surface area contributed by atoms with Crippen LogP contribution in [-0.4, -0.2) is 24.8 Å². The molecule has 0 aliphatic carbocycles. The van der Waals surface area contributed by atoms with Crippen molar-refractivity contribution in [3.8, 4) is 5.75 Å². The van der Waals surface area contributed by atoms with Gasteiger partial charge < -0.3 is 15.2 Å². The van der Waals surface area contributed by atoms with Gasteiger partial charge >= 0.3 is 0 Å². The average Bonchev–Trinajstić information content (AvgIpc) is 2.44. The van der Waals surface area contributed by atoms with E-state index in [4.69, 9.17) is 15.2 Å². The maximum atomic E-state index is 5.80. The van der Waals surface area contributed by atoms with Crippen molar-refractivity contribution in [3.63, 3.8) is 0 Å². The molecule has 20 heavy (non-hydrogen) atoms. The minimum Gasteiger partial charge on any atom is -0.491 e. The number of fused-ring (bicyclic) bond motifs is 1. The molecule has 1 unspecified atom stereocenters. The van der Waals surface area contributed by atoms with Crippen LogP contribution in [0.4, 0.5) is 5.82 Å². The fourth-order valence-corrected chi connectivity index (χ4v) is 2.34. The normalized spacial score (nSPS) is 12.6. The van der Waals surface area contributed by atoms with Gasteiger partial charge in [0.05, 0.1) is 16.1 Å². The van der Waals surface area contributed by atoms with Crippen LogP contribution in [0, 0.1) is 0 Å². The van der Waals surface area contributed by atoms with Gasteiger partial charge in [-0.1, -0.05) is 13.3 Å². The standard InChI is InChI=1S/C15H19BrN2O2/c1-3-4-12(19-2)9-20-11-6-5-10-7-13(16)15(17)18-14(10)8-11/h5-8,12H,3-4,9H2,1-2H3,(H2,17,18). The van der Waals surface area contributed by atoms with Gasteiger partial charge in [-0.05, 0) is 40.5 Å². The Morgan fingerprint density at radius 1 is 1.35 bits per heavy atom. The highest BCUT2D eigenvalue weighted by molar-refractivity contribution is 9.10. The second-order valence-corrected chi connectivity index (χ2v) is 5.52. The first-order chi connectivity index (χ1) is 9.63. The molecule has 0 aliphatic rings. The molecule has 4 nitrogen and oxygen atoms in total. The highest BCUT2D eigenvalue weighted by Gasteiger charge is 2.08. The van der Waals surface area contributed by atoms with Gasteiger partial charge in [0, 0.05) is 18.6 Å². The molecular weight excluding hydrogens is 320 g/mol. The Labute approximate surface area is 127 Å². The Balaban J connectivity index is 2.13. The summed E-state index contributed by atoms with van der Waals surface area (Å²) in [6.07, 6.45) is 2.19. The fourth-order valence-electron chi connectivity index (χ4n) is 2.01. The van der Waals surface area contributed by atoms with E-state index < -0.39 is 0 Å². The van der Waals surface area contributed by atoms with Gasteiger partial charge in [-0.15, -0.1) is 0 Å². The molecular formula is C15H19BrN2O2. The number of anilines is 1. The van der Waals surface area contributed by atoms with Crippen LogP contribution in [-0.2, 0) is 4.74 Å². The number of hydrogen-bond donors (Lipinski definition) is 1. The number of pyridine rings is 1. The van der Waals surface area contributed by atoms with Gasteiger partial charge in [0.15, 0.2) is 0 Å². The molecule has 108 valence electrons. The number of ether oxygens (including phenoxy) is 2. The Hall–Kier alpha value is -1.33. The zero-order valence-electron chi connectivity index (χ0n) is 11.7. The van der Waals surface area contributed by atoms with Crippen molar-refractivity contribution < 1.29 is 9.47 Å². The molecule has 1 aromatic carbocycles. The van der Waals surface area contributed by atoms with Gasteiger partial charge in [0.1, 0.15) is 18.2 Å². The summed E-state index contributed by atoms with van der Waals surface area (Å²) in [4.78, 5) is 4.34. The molecule has 1 atom stereocenters. The Bertz CT molecular complexity index is 589. The van der Waals surface area contributed by atoms with Crippen LogP contribution in [0.25, 0.3) is 10.9 Å². The predicted molar refractivity (Wildman–Crippen MR) is 85.1 cm³/mol. The first-order valence-electron chi connectivity index (χ1n) is 6.65. The lowest BCUT2D eigenvalue weighted by molar-refractivity contribution is 0.0516. The zero-order valence-corrected chi connectivity index (χ0v) is 13.3. The van der Waals surface area contributed by atoms with E-state index in [2.05, 4.69) is 27.8 Å². The molecule has 0 radical (unpaired) electrons. The SMILES string of the molecule is CCCC(COc1ccc2cc(Br)c(N)nc2c1)OC. The highest BCUT2D eigenvalue weighted by Crippen LogP contribution is 2.26. The maximum Gasteiger partial charge on any atom is 0.138 e. The van der Waals surface area contributed by atoms with Crippen molar-refractivity contribution >= 4 is 32.7 Å². The number of hydrogen-bond acceptors (Lipinski definition) is 4. The van der Waals surface area contributed by atoms with E-state index in [9.17, 15) is 0 Å². The van der Waals surface area contributed by atoms with Gasteiger partial charge in [0.2, 0.25) is 0 Å². The Morgan fingerprint density at radius 3 is 2.85 bits per heavy atom. The third kappa shape index (κ3) is 3.61. The number of nitrogens with zero attached hydrogens (tertiary/aromatic N) is 1. The Kier molecular flexibility index (Phi) is 5.20. The van der Waals surface area contributed by atoms with E-state index in [1.54, 1.807) is 7.11 Å². The molecule has 0 aliphatic heterocycles. The van der Waals surface area contributed by atoms with E-state index in [1.165, 1.54) is 0 Å². The number of nitrogen functional groups attached to an aromatic ring is 1. The Morgan fingerprint density at radius 2 is 2.15 bits per heavy atom. The second-order valence-electron chi connectivity index (χ2n) is 4.67. The second kappa shape index (κ2) is 6.90. The molecule has 0 amide bonds. The third-order valence-electron chi connectivity index (χ3n) is 3.15. The van der Waals surface area contributed by atoms with E-state index in [0.717, 1.165) is 34.0 Å². The van der Waals surface area contributed by atoms with Gasteiger partial charge in [-0.2, -0.15) is 0 Å². The topological polar surface area (TPSA) is 57.4 Å². The number of methoxy groups -OCH3 is 1. The minimum absolute atomic E-state index is 0.124. The van der Waals surface area contributed by atoms with Crippen LogP contribution in [0.5, 0.6) is 5.75 Å². The zero-order chi connectivity index (χ0) is 14.5. The molecule has 5 heteroatoms. The summed E-state index contributed by atoms with van der Waals surface area (Å²) in [6, 6.07) is 7.77. The summed E-state index contributed by atoms with van der Waals surface area (Å²) in [5.74, 6) is 1.26. The first-order valence-corrected chi connectivity index (χ1v) is 7.44. The van der Waals surface area contributed by atoms with E-state index in [-0.39, 0.29) is 6.10 Å². The molecule has 0 spiro atoms. The summed E-state index contributed by atoms with van der Waals surface area (Å²) in [5, 5.41) is 1.02. The third-order valence-corrected chi connectivity index (χ3v) is 3.78. The van der Waals surface area contributed by atoms with Crippen molar-refractivity contribution in [2.45, 2.75) is 25.9 Å². The van der Waals surface area contributed by atoms with Crippen molar-refractivity contribution in [1.29, 1.82) is 0 Å². The quantitative estimate of drug-likeness (QED) is 0.870. The maximum absolute atomic E-state index is 5.80. The summed E-state index contributed by atoms with van der Waals surface area (Å²) in [6.45, 7) is 2.68. The molecule has 2 rings (SSSR count). The molecule has 1 heterocycles. The molecule has 0 fully saturated rings. The van der Waals surface area contributed by atoms with Crippen LogP contribution in [0.15, 0.2) is 28.7 Å². The van der Waals surface area contributed by atoms with E-state index in [1.807, 2.05) is 24.3 Å². The lowest BCUT2D eigenvalue weighted by Gasteiger charge is -2.15. The predicted octanol–water partition coefficient (Wildman–Crippen LogP) is 3.77. The van der Waals surface area contributed by atoms with E-state index in [0.29, 0.717) is 12.4 Å². The summed E-state index contributed by atoms with van der Waals surface area (Å²) < 4.78 is 11.9. The number of aromatic nitrogens is 1. The lowest BCUT2D eigenvalue weighted by Crippen LogP contribution is -2.19. The number of rotatable bonds is 6. The van der Waals surface area contributed by atoms with E-state index >= 15 is 0 Å². The smallest absolute Gasteiger partial charge is 0.138 e. The van der Waals surface area contributed by atoms with Gasteiger partial charge in [0.25, 0.3) is 0 Å². The largest absolute Gasteiger partial charge is 0.491 e. The molecule has 0 saturated carbocycles. The van der Waals surface area contributed by atoms with Crippen molar-refractivity contribution in [2.24, 2.45) is 0 Å².